The topological polar surface area (TPSA) is 55.1 Å². The van der Waals surface area contributed by atoms with E-state index < -0.39 is 5.91 Å². The molecule has 0 saturated carbocycles. The third-order valence-corrected chi connectivity index (χ3v) is 4.09. The highest BCUT2D eigenvalue weighted by atomic mass is 35.5. The first kappa shape index (κ1) is 15.9. The highest BCUT2D eigenvalue weighted by molar-refractivity contribution is 6.42. The van der Waals surface area contributed by atoms with Gasteiger partial charge in [-0.3, -0.25) is 4.79 Å². The predicted octanol–water partition coefficient (Wildman–Crippen LogP) is 5.55. The number of benzene rings is 2. The molecule has 2 aromatic carbocycles. The lowest BCUT2D eigenvalue weighted by Gasteiger charge is -2.04. The minimum Gasteiger partial charge on any atom is -0.444 e. The van der Waals surface area contributed by atoms with Crippen molar-refractivity contribution in [2.45, 2.75) is 0 Å². The zero-order valence-electron chi connectivity index (χ0n) is 11.5. The second-order valence-electron chi connectivity index (χ2n) is 4.60. The number of anilines is 1. The molecule has 0 bridgehead atoms. The van der Waals surface area contributed by atoms with Crippen molar-refractivity contribution in [3.63, 3.8) is 0 Å². The molecule has 1 N–H and O–H groups in total. The molecule has 0 spiro atoms. The Kier molecular flexibility index (Phi) is 4.57. The van der Waals surface area contributed by atoms with Crippen LogP contribution in [0.4, 0.5) is 5.69 Å². The molecule has 1 amide bonds. The van der Waals surface area contributed by atoms with Gasteiger partial charge in [0.25, 0.3) is 5.91 Å². The maximum absolute atomic E-state index is 12.2. The molecular weight excluding hydrogens is 359 g/mol. The van der Waals surface area contributed by atoms with E-state index in [9.17, 15) is 4.79 Å². The van der Waals surface area contributed by atoms with Crippen molar-refractivity contribution in [1.82, 2.24) is 4.98 Å². The molecule has 1 aromatic heterocycles. The number of nitrogens with zero attached hydrogens (tertiary/aromatic N) is 1. The van der Waals surface area contributed by atoms with Gasteiger partial charge in [-0.05, 0) is 30.3 Å². The summed E-state index contributed by atoms with van der Waals surface area (Å²) in [4.78, 5) is 16.3. The molecule has 23 heavy (non-hydrogen) atoms. The zero-order valence-corrected chi connectivity index (χ0v) is 13.8. The lowest BCUT2D eigenvalue weighted by atomic mass is 10.2. The van der Waals surface area contributed by atoms with E-state index in [4.69, 9.17) is 39.2 Å². The van der Waals surface area contributed by atoms with Crippen molar-refractivity contribution in [3.8, 4) is 11.5 Å². The predicted molar refractivity (Wildman–Crippen MR) is 91.4 cm³/mol. The molecule has 7 heteroatoms. The summed E-state index contributed by atoms with van der Waals surface area (Å²) < 4.78 is 5.33. The van der Waals surface area contributed by atoms with Crippen molar-refractivity contribution in [3.05, 3.63) is 69.5 Å². The quantitative estimate of drug-likeness (QED) is 0.660. The minimum absolute atomic E-state index is 0.131. The van der Waals surface area contributed by atoms with Gasteiger partial charge in [0.15, 0.2) is 5.69 Å². The summed E-state index contributed by atoms with van der Waals surface area (Å²) in [6.07, 6.45) is 1.27. The largest absolute Gasteiger partial charge is 0.444 e. The Morgan fingerprint density at radius 1 is 1.00 bits per heavy atom. The number of para-hydroxylation sites is 1. The summed E-state index contributed by atoms with van der Waals surface area (Å²) in [5.74, 6) is -0.152. The monoisotopic (exact) mass is 366 g/mol. The number of amides is 1. The summed E-state index contributed by atoms with van der Waals surface area (Å²) >= 11 is 17.8. The third-order valence-electron chi connectivity index (χ3n) is 3.03. The molecule has 3 aromatic rings. The number of hydrogen-bond acceptors (Lipinski definition) is 3. The Hall–Kier alpha value is -2.01. The number of nitrogens with one attached hydrogen (secondary N) is 1. The summed E-state index contributed by atoms with van der Waals surface area (Å²) in [6.45, 7) is 0. The fourth-order valence-corrected chi connectivity index (χ4v) is 2.37. The smallest absolute Gasteiger partial charge is 0.277 e. The van der Waals surface area contributed by atoms with Gasteiger partial charge in [-0.15, -0.1) is 0 Å². The van der Waals surface area contributed by atoms with Crippen LogP contribution < -0.4 is 5.32 Å². The molecule has 0 aliphatic carbocycles. The van der Waals surface area contributed by atoms with Gasteiger partial charge in [0.1, 0.15) is 6.26 Å². The molecule has 0 aliphatic heterocycles. The highest BCUT2D eigenvalue weighted by Gasteiger charge is 2.15. The fourth-order valence-electron chi connectivity index (χ4n) is 1.89. The van der Waals surface area contributed by atoms with Crippen LogP contribution in [-0.2, 0) is 0 Å². The molecule has 0 atom stereocenters. The average molecular weight is 368 g/mol. The van der Waals surface area contributed by atoms with Crippen molar-refractivity contribution in [2.24, 2.45) is 0 Å². The van der Waals surface area contributed by atoms with Gasteiger partial charge in [0.05, 0.1) is 20.8 Å². The van der Waals surface area contributed by atoms with E-state index in [-0.39, 0.29) is 11.6 Å². The van der Waals surface area contributed by atoms with Crippen LogP contribution in [0.15, 0.2) is 53.1 Å². The minimum atomic E-state index is -0.423. The number of carbonyl (C=O) groups excluding carboxylic acids is 1. The Morgan fingerprint density at radius 2 is 1.78 bits per heavy atom. The van der Waals surface area contributed by atoms with Crippen LogP contribution in [0.1, 0.15) is 10.5 Å². The van der Waals surface area contributed by atoms with Crippen LogP contribution >= 0.6 is 34.8 Å². The summed E-state index contributed by atoms with van der Waals surface area (Å²) in [6, 6.07) is 11.9. The van der Waals surface area contributed by atoms with Crippen molar-refractivity contribution >= 4 is 46.4 Å². The fraction of sp³-hybridized carbons (Fsp3) is 0. The number of oxazole rings is 1. The number of carbonyl (C=O) groups is 1. The summed E-state index contributed by atoms with van der Waals surface area (Å²) in [7, 11) is 0. The lowest BCUT2D eigenvalue weighted by Crippen LogP contribution is -2.12. The highest BCUT2D eigenvalue weighted by Crippen LogP contribution is 2.28. The van der Waals surface area contributed by atoms with Gasteiger partial charge in [-0.25, -0.2) is 4.98 Å². The summed E-state index contributed by atoms with van der Waals surface area (Å²) in [5.41, 5.74) is 1.25. The van der Waals surface area contributed by atoms with Crippen molar-refractivity contribution in [1.29, 1.82) is 0 Å². The maximum atomic E-state index is 12.2. The van der Waals surface area contributed by atoms with Crippen LogP contribution in [0.25, 0.3) is 11.5 Å². The Labute approximate surface area is 147 Å². The van der Waals surface area contributed by atoms with Gasteiger partial charge in [-0.2, -0.15) is 0 Å². The Morgan fingerprint density at radius 3 is 2.52 bits per heavy atom. The SMILES string of the molecule is O=C(Nc1ccccc1Cl)c1coc(-c2ccc(Cl)c(Cl)c2)n1. The summed E-state index contributed by atoms with van der Waals surface area (Å²) in [5, 5.41) is 3.92. The molecule has 4 nitrogen and oxygen atoms in total. The van der Waals surface area contributed by atoms with Crippen LogP contribution in [0.2, 0.25) is 15.1 Å². The van der Waals surface area contributed by atoms with E-state index in [2.05, 4.69) is 10.3 Å². The van der Waals surface area contributed by atoms with Crippen LogP contribution in [0.5, 0.6) is 0 Å². The maximum Gasteiger partial charge on any atom is 0.277 e. The number of rotatable bonds is 3. The van der Waals surface area contributed by atoms with E-state index in [1.165, 1.54) is 6.26 Å². The van der Waals surface area contributed by atoms with Crippen molar-refractivity contribution in [2.75, 3.05) is 5.32 Å². The normalized spacial score (nSPS) is 10.6. The zero-order chi connectivity index (χ0) is 16.4. The molecule has 0 radical (unpaired) electrons. The average Bonchev–Trinajstić information content (AvgIpc) is 3.02. The molecule has 3 rings (SSSR count). The number of halogens is 3. The van der Waals surface area contributed by atoms with Gasteiger partial charge in [-0.1, -0.05) is 46.9 Å². The molecular formula is C16H9Cl3N2O2. The van der Waals surface area contributed by atoms with Gasteiger partial charge >= 0.3 is 0 Å². The first-order chi connectivity index (χ1) is 11.0. The number of aromatic nitrogens is 1. The molecule has 0 unspecified atom stereocenters. The first-order valence-electron chi connectivity index (χ1n) is 6.51. The molecule has 0 fully saturated rings. The Balaban J connectivity index is 1.82. The van der Waals surface area contributed by atoms with Gasteiger partial charge in [0.2, 0.25) is 5.89 Å². The van der Waals surface area contributed by atoms with E-state index in [1.807, 2.05) is 0 Å². The third kappa shape index (κ3) is 3.50. The molecule has 116 valence electrons. The standard InChI is InChI=1S/C16H9Cl3N2O2/c17-10-6-5-9(7-12(10)19)16-21-14(8-23-16)15(22)20-13-4-2-1-3-11(13)18/h1-8H,(H,20,22). The Bertz CT molecular complexity index is 877. The molecule has 0 aliphatic rings. The van der Waals surface area contributed by atoms with E-state index in [1.54, 1.807) is 42.5 Å². The second-order valence-corrected chi connectivity index (χ2v) is 5.82. The van der Waals surface area contributed by atoms with Crippen LogP contribution in [-0.4, -0.2) is 10.9 Å². The molecule has 0 saturated heterocycles. The lowest BCUT2D eigenvalue weighted by molar-refractivity contribution is 0.102. The van der Waals surface area contributed by atoms with Crippen LogP contribution in [0.3, 0.4) is 0 Å². The first-order valence-corrected chi connectivity index (χ1v) is 7.65. The van der Waals surface area contributed by atoms with Crippen molar-refractivity contribution < 1.29 is 9.21 Å². The second kappa shape index (κ2) is 6.62. The van der Waals surface area contributed by atoms with E-state index >= 15 is 0 Å². The van der Waals surface area contributed by atoms with Crippen LogP contribution in [0, 0.1) is 0 Å². The van der Waals surface area contributed by atoms with Gasteiger partial charge < -0.3 is 9.73 Å². The van der Waals surface area contributed by atoms with E-state index in [0.29, 0.717) is 26.3 Å². The van der Waals surface area contributed by atoms with E-state index in [0.717, 1.165) is 0 Å². The molecule has 1 heterocycles. The number of hydrogen-bond donors (Lipinski definition) is 1. The van der Waals surface area contributed by atoms with Gasteiger partial charge in [0, 0.05) is 5.56 Å².